The summed E-state index contributed by atoms with van der Waals surface area (Å²) in [6.07, 6.45) is 0. The van der Waals surface area contributed by atoms with E-state index in [1.54, 1.807) is 0 Å². The van der Waals surface area contributed by atoms with E-state index < -0.39 is 0 Å². The highest BCUT2D eigenvalue weighted by Crippen LogP contribution is 2.44. The molecule has 50 heavy (non-hydrogen) atoms. The molecule has 0 spiro atoms. The molecular formula is C45H28N4O. The van der Waals surface area contributed by atoms with Gasteiger partial charge in [-0.1, -0.05) is 127 Å². The molecule has 0 fully saturated rings. The minimum absolute atomic E-state index is 0.584. The van der Waals surface area contributed by atoms with Crippen molar-refractivity contribution in [3.05, 3.63) is 170 Å². The van der Waals surface area contributed by atoms with Crippen LogP contribution in [-0.2, 0) is 0 Å². The number of para-hydroxylation sites is 3. The lowest BCUT2D eigenvalue weighted by Crippen LogP contribution is -2.00. The average Bonchev–Trinajstić information content (AvgIpc) is 3.74. The van der Waals surface area contributed by atoms with Crippen LogP contribution in [0.2, 0.25) is 0 Å². The summed E-state index contributed by atoms with van der Waals surface area (Å²) in [5.74, 6) is 1.82. The van der Waals surface area contributed by atoms with Crippen molar-refractivity contribution in [1.29, 1.82) is 0 Å². The van der Waals surface area contributed by atoms with Gasteiger partial charge in [0.25, 0.3) is 0 Å². The highest BCUT2D eigenvalue weighted by molar-refractivity contribution is 6.21. The zero-order valence-corrected chi connectivity index (χ0v) is 26.9. The molecule has 0 saturated heterocycles. The Balaban J connectivity index is 1.30. The zero-order valence-electron chi connectivity index (χ0n) is 26.9. The first-order valence-corrected chi connectivity index (χ1v) is 16.7. The number of nitrogens with zero attached hydrogens (tertiary/aromatic N) is 4. The maximum Gasteiger partial charge on any atom is 0.164 e. The van der Waals surface area contributed by atoms with Gasteiger partial charge >= 0.3 is 0 Å². The molecule has 0 atom stereocenters. The van der Waals surface area contributed by atoms with E-state index in [4.69, 9.17) is 19.4 Å². The summed E-state index contributed by atoms with van der Waals surface area (Å²) in [6, 6.07) is 58.5. The Morgan fingerprint density at radius 2 is 0.940 bits per heavy atom. The summed E-state index contributed by atoms with van der Waals surface area (Å²) in [5, 5.41) is 4.50. The van der Waals surface area contributed by atoms with Crippen molar-refractivity contribution in [3.63, 3.8) is 0 Å². The predicted molar refractivity (Wildman–Crippen MR) is 203 cm³/mol. The Morgan fingerprint density at radius 3 is 1.64 bits per heavy atom. The van der Waals surface area contributed by atoms with Gasteiger partial charge in [-0.2, -0.15) is 0 Å². The van der Waals surface area contributed by atoms with E-state index in [2.05, 4.69) is 102 Å². The van der Waals surface area contributed by atoms with Crippen LogP contribution in [0, 0.1) is 0 Å². The summed E-state index contributed by atoms with van der Waals surface area (Å²) >= 11 is 0. The van der Waals surface area contributed by atoms with Gasteiger partial charge in [-0.05, 0) is 53.6 Å². The molecule has 5 heteroatoms. The minimum atomic E-state index is 0.584. The number of aromatic nitrogens is 4. The minimum Gasteiger partial charge on any atom is -0.456 e. The van der Waals surface area contributed by atoms with E-state index in [1.807, 2.05) is 72.8 Å². The standard InChI is InChI=1S/C45H28N4O/c1-4-15-29(16-5-1)43-46-44(30-17-6-2-7-18-30)48-45(47-43)31-27-36(42-35-22-11-13-26-39(35)50-40(42)28-31)33-23-14-25-38-41(33)34-21-10-12-24-37(34)49(38)32-19-8-3-9-20-32/h1-28H. The number of hydrogen-bond donors (Lipinski definition) is 0. The van der Waals surface area contributed by atoms with E-state index in [1.165, 1.54) is 10.8 Å². The van der Waals surface area contributed by atoms with Gasteiger partial charge < -0.3 is 8.98 Å². The molecule has 10 aromatic rings. The Bertz CT molecular complexity index is 2800. The third kappa shape index (κ3) is 4.52. The van der Waals surface area contributed by atoms with Crippen LogP contribution in [0.15, 0.2) is 174 Å². The molecule has 234 valence electrons. The van der Waals surface area contributed by atoms with Gasteiger partial charge in [0.05, 0.1) is 11.0 Å². The number of hydrogen-bond acceptors (Lipinski definition) is 4. The van der Waals surface area contributed by atoms with E-state index in [-0.39, 0.29) is 0 Å². The van der Waals surface area contributed by atoms with E-state index >= 15 is 0 Å². The topological polar surface area (TPSA) is 56.7 Å². The first-order chi connectivity index (χ1) is 24.8. The number of furan rings is 1. The van der Waals surface area contributed by atoms with Crippen molar-refractivity contribution in [2.45, 2.75) is 0 Å². The van der Waals surface area contributed by atoms with Crippen LogP contribution in [0.5, 0.6) is 0 Å². The molecule has 5 nitrogen and oxygen atoms in total. The lowest BCUT2D eigenvalue weighted by Gasteiger charge is -2.12. The first-order valence-electron chi connectivity index (χ1n) is 16.7. The normalized spacial score (nSPS) is 11.6. The van der Waals surface area contributed by atoms with Crippen molar-refractivity contribution >= 4 is 43.7 Å². The van der Waals surface area contributed by atoms with Crippen LogP contribution in [-0.4, -0.2) is 19.5 Å². The van der Waals surface area contributed by atoms with Gasteiger partial charge in [0.2, 0.25) is 0 Å². The largest absolute Gasteiger partial charge is 0.456 e. The van der Waals surface area contributed by atoms with Gasteiger partial charge in [0.1, 0.15) is 11.2 Å². The van der Waals surface area contributed by atoms with Crippen LogP contribution >= 0.6 is 0 Å². The molecule has 0 N–H and O–H groups in total. The van der Waals surface area contributed by atoms with Crippen LogP contribution in [0.4, 0.5) is 0 Å². The SMILES string of the molecule is c1ccc(-c2nc(-c3ccccc3)nc(-c3cc(-c4cccc5c4c4ccccc4n5-c4ccccc4)c4c(c3)oc3ccccc34)n2)cc1. The third-order valence-electron chi connectivity index (χ3n) is 9.44. The summed E-state index contributed by atoms with van der Waals surface area (Å²) < 4.78 is 8.96. The molecule has 3 heterocycles. The fraction of sp³-hybridized carbons (Fsp3) is 0. The van der Waals surface area contributed by atoms with Crippen molar-refractivity contribution < 1.29 is 4.42 Å². The highest BCUT2D eigenvalue weighted by atomic mass is 16.3. The predicted octanol–water partition coefficient (Wildman–Crippen LogP) is 11.5. The fourth-order valence-corrected chi connectivity index (χ4v) is 7.23. The van der Waals surface area contributed by atoms with Gasteiger partial charge in [0.15, 0.2) is 17.5 Å². The van der Waals surface area contributed by atoms with Gasteiger partial charge in [-0.15, -0.1) is 0 Å². The summed E-state index contributed by atoms with van der Waals surface area (Å²) in [6.45, 7) is 0. The van der Waals surface area contributed by atoms with Crippen LogP contribution in [0.25, 0.3) is 94.7 Å². The van der Waals surface area contributed by atoms with Gasteiger partial charge in [-0.25, -0.2) is 15.0 Å². The fourth-order valence-electron chi connectivity index (χ4n) is 7.23. The van der Waals surface area contributed by atoms with E-state index in [0.29, 0.717) is 17.5 Å². The molecule has 0 aliphatic heterocycles. The second kappa shape index (κ2) is 11.4. The lowest BCUT2D eigenvalue weighted by molar-refractivity contribution is 0.669. The first kappa shape index (κ1) is 28.2. The van der Waals surface area contributed by atoms with Crippen LogP contribution in [0.3, 0.4) is 0 Å². The molecule has 0 aliphatic carbocycles. The second-order valence-electron chi connectivity index (χ2n) is 12.4. The number of benzene rings is 7. The Morgan fingerprint density at radius 1 is 0.380 bits per heavy atom. The molecule has 0 aliphatic rings. The Hall–Kier alpha value is -6.85. The van der Waals surface area contributed by atoms with Crippen LogP contribution in [0.1, 0.15) is 0 Å². The maximum atomic E-state index is 6.60. The van der Waals surface area contributed by atoms with Crippen molar-refractivity contribution in [3.8, 4) is 51.0 Å². The zero-order chi connectivity index (χ0) is 33.0. The highest BCUT2D eigenvalue weighted by Gasteiger charge is 2.22. The van der Waals surface area contributed by atoms with Crippen molar-refractivity contribution in [2.75, 3.05) is 0 Å². The van der Waals surface area contributed by atoms with Gasteiger partial charge in [-0.3, -0.25) is 0 Å². The van der Waals surface area contributed by atoms with E-state index in [9.17, 15) is 0 Å². The lowest BCUT2D eigenvalue weighted by atomic mass is 9.93. The molecule has 10 rings (SSSR count). The molecule has 0 saturated carbocycles. The summed E-state index contributed by atoms with van der Waals surface area (Å²) in [7, 11) is 0. The van der Waals surface area contributed by atoms with E-state index in [0.717, 1.165) is 66.5 Å². The Kier molecular flexibility index (Phi) is 6.42. The third-order valence-corrected chi connectivity index (χ3v) is 9.44. The maximum absolute atomic E-state index is 6.60. The second-order valence-corrected chi connectivity index (χ2v) is 12.4. The Labute approximate surface area is 287 Å². The molecule has 0 bridgehead atoms. The summed E-state index contributed by atoms with van der Waals surface area (Å²) in [5.41, 5.74) is 9.92. The number of fused-ring (bicyclic) bond motifs is 6. The van der Waals surface area contributed by atoms with Crippen molar-refractivity contribution in [1.82, 2.24) is 19.5 Å². The van der Waals surface area contributed by atoms with Crippen molar-refractivity contribution in [2.24, 2.45) is 0 Å². The monoisotopic (exact) mass is 640 g/mol. The molecule has 0 unspecified atom stereocenters. The smallest absolute Gasteiger partial charge is 0.164 e. The van der Waals surface area contributed by atoms with Gasteiger partial charge in [0, 0.05) is 43.9 Å². The molecule has 0 radical (unpaired) electrons. The quantitative estimate of drug-likeness (QED) is 0.188. The average molecular weight is 641 g/mol. The molecular weight excluding hydrogens is 613 g/mol. The summed E-state index contributed by atoms with van der Waals surface area (Å²) in [4.78, 5) is 15.1. The molecule has 0 amide bonds. The molecule has 3 aromatic heterocycles. The number of rotatable bonds is 5. The molecule has 7 aromatic carbocycles. The van der Waals surface area contributed by atoms with Crippen LogP contribution < -0.4 is 0 Å².